The maximum absolute atomic E-state index is 13.0. The van der Waals surface area contributed by atoms with E-state index in [2.05, 4.69) is 16.4 Å². The molecule has 8 nitrogen and oxygen atoms in total. The summed E-state index contributed by atoms with van der Waals surface area (Å²) in [5.74, 6) is -0.444. The predicted molar refractivity (Wildman–Crippen MR) is 130 cm³/mol. The fraction of sp³-hybridized carbons (Fsp3) is 0.304. The molecule has 5 rings (SSSR count). The number of thiazole rings is 1. The molecule has 2 aliphatic rings. The third kappa shape index (κ3) is 4.28. The molecule has 2 heterocycles. The van der Waals surface area contributed by atoms with Crippen molar-refractivity contribution in [2.75, 3.05) is 24.7 Å². The molecule has 0 unspecified atom stereocenters. The zero-order chi connectivity index (χ0) is 24.1. The normalized spacial score (nSPS) is 16.7. The molecule has 0 spiro atoms. The van der Waals surface area contributed by atoms with E-state index in [0.717, 1.165) is 28.8 Å². The first-order chi connectivity index (χ1) is 16.1. The number of amides is 1. The summed E-state index contributed by atoms with van der Waals surface area (Å²) in [4.78, 5) is 18.7. The summed E-state index contributed by atoms with van der Waals surface area (Å²) in [5, 5.41) is 3.50. The number of anilines is 1. The Morgan fingerprint density at radius 3 is 2.32 bits per heavy atom. The van der Waals surface area contributed by atoms with Crippen molar-refractivity contribution < 1.29 is 21.6 Å². The van der Waals surface area contributed by atoms with Gasteiger partial charge in [-0.1, -0.05) is 24.3 Å². The van der Waals surface area contributed by atoms with Gasteiger partial charge in [0.1, 0.15) is 0 Å². The smallest absolute Gasteiger partial charge is 0.243 e. The Labute approximate surface area is 202 Å². The third-order valence-electron chi connectivity index (χ3n) is 6.27. The number of hydrogen-bond acceptors (Lipinski definition) is 7. The van der Waals surface area contributed by atoms with Gasteiger partial charge in [0.15, 0.2) is 15.0 Å². The van der Waals surface area contributed by atoms with Gasteiger partial charge in [-0.25, -0.2) is 21.8 Å². The van der Waals surface area contributed by atoms with Crippen LogP contribution in [0, 0.1) is 5.92 Å². The van der Waals surface area contributed by atoms with E-state index in [9.17, 15) is 21.6 Å². The SMILES string of the molecule is CS(=O)(=O)c1ccc(S(=O)(=O)N2CCC(C(=O)Nc3nc4c(s3)Cc3ccccc3-4)CC2)cc1. The summed E-state index contributed by atoms with van der Waals surface area (Å²) >= 11 is 1.48. The average Bonchev–Trinajstić information content (AvgIpc) is 3.36. The number of carbonyl (C=O) groups is 1. The molecule has 1 aliphatic carbocycles. The molecule has 0 saturated carbocycles. The van der Waals surface area contributed by atoms with Crippen LogP contribution in [0.15, 0.2) is 58.3 Å². The molecule has 1 N–H and O–H groups in total. The van der Waals surface area contributed by atoms with E-state index in [1.807, 2.05) is 18.2 Å². The predicted octanol–water partition coefficient (Wildman–Crippen LogP) is 3.16. The molecule has 1 fully saturated rings. The second kappa shape index (κ2) is 8.56. The van der Waals surface area contributed by atoms with Gasteiger partial charge in [0.25, 0.3) is 0 Å². The first-order valence-corrected chi connectivity index (χ1v) is 15.0. The summed E-state index contributed by atoms with van der Waals surface area (Å²) in [5.41, 5.74) is 3.28. The number of sulfonamides is 1. The van der Waals surface area contributed by atoms with Crippen LogP contribution in [0.25, 0.3) is 11.3 Å². The van der Waals surface area contributed by atoms with Gasteiger partial charge in [0.05, 0.1) is 15.5 Å². The van der Waals surface area contributed by atoms with Gasteiger partial charge in [-0.3, -0.25) is 4.79 Å². The summed E-state index contributed by atoms with van der Waals surface area (Å²) < 4.78 is 50.5. The van der Waals surface area contributed by atoms with Crippen LogP contribution in [0.1, 0.15) is 23.3 Å². The Bertz CT molecular complexity index is 1470. The van der Waals surface area contributed by atoms with E-state index in [4.69, 9.17) is 0 Å². The Hall–Kier alpha value is -2.60. The van der Waals surface area contributed by atoms with Crippen molar-refractivity contribution in [3.05, 3.63) is 59.0 Å². The average molecular weight is 518 g/mol. The number of nitrogens with zero attached hydrogens (tertiary/aromatic N) is 2. The van der Waals surface area contributed by atoms with Crippen LogP contribution in [-0.4, -0.2) is 51.4 Å². The molecule has 1 saturated heterocycles. The Morgan fingerprint density at radius 2 is 1.65 bits per heavy atom. The lowest BCUT2D eigenvalue weighted by molar-refractivity contribution is -0.120. The molecular formula is C23H23N3O5S3. The van der Waals surface area contributed by atoms with E-state index >= 15 is 0 Å². The van der Waals surface area contributed by atoms with Crippen molar-refractivity contribution in [2.45, 2.75) is 29.1 Å². The molecule has 1 amide bonds. The number of benzene rings is 2. The first-order valence-electron chi connectivity index (χ1n) is 10.8. The Balaban J connectivity index is 1.21. The maximum atomic E-state index is 13.0. The number of carbonyl (C=O) groups excluding carboxylic acids is 1. The largest absolute Gasteiger partial charge is 0.302 e. The molecule has 11 heteroatoms. The second-order valence-electron chi connectivity index (χ2n) is 8.54. The molecular weight excluding hydrogens is 494 g/mol. The third-order valence-corrected chi connectivity index (χ3v) is 10.3. The summed E-state index contributed by atoms with van der Waals surface area (Å²) in [7, 11) is -7.17. The van der Waals surface area contributed by atoms with Crippen LogP contribution < -0.4 is 5.32 Å². The highest BCUT2D eigenvalue weighted by atomic mass is 32.2. The number of fused-ring (bicyclic) bond motifs is 3. The number of sulfone groups is 1. The lowest BCUT2D eigenvalue weighted by Gasteiger charge is -2.30. The zero-order valence-electron chi connectivity index (χ0n) is 18.4. The minimum Gasteiger partial charge on any atom is -0.302 e. The van der Waals surface area contributed by atoms with Gasteiger partial charge in [0, 0.05) is 42.1 Å². The molecule has 1 aliphatic heterocycles. The van der Waals surface area contributed by atoms with Crippen molar-refractivity contribution >= 4 is 42.2 Å². The van der Waals surface area contributed by atoms with Crippen molar-refractivity contribution in [1.82, 2.24) is 9.29 Å². The van der Waals surface area contributed by atoms with E-state index < -0.39 is 19.9 Å². The lowest BCUT2D eigenvalue weighted by atomic mass is 9.97. The monoisotopic (exact) mass is 517 g/mol. The lowest BCUT2D eigenvalue weighted by Crippen LogP contribution is -2.41. The van der Waals surface area contributed by atoms with Crippen LogP contribution in [0.2, 0.25) is 0 Å². The molecule has 1 aromatic heterocycles. The van der Waals surface area contributed by atoms with Gasteiger partial charge in [-0.2, -0.15) is 4.31 Å². The minimum atomic E-state index is -3.76. The van der Waals surface area contributed by atoms with E-state index in [1.54, 1.807) is 0 Å². The number of hydrogen-bond donors (Lipinski definition) is 1. The number of rotatable bonds is 5. The summed E-state index contributed by atoms with van der Waals surface area (Å²) in [6.07, 6.45) is 2.70. The topological polar surface area (TPSA) is 114 Å². The molecule has 0 bridgehead atoms. The van der Waals surface area contributed by atoms with Crippen LogP contribution >= 0.6 is 11.3 Å². The highest BCUT2D eigenvalue weighted by Crippen LogP contribution is 2.41. The Morgan fingerprint density at radius 1 is 1.00 bits per heavy atom. The number of piperidine rings is 1. The standard InChI is InChI=1S/C23H23N3O5S3/c1-33(28,29)17-6-8-18(9-7-17)34(30,31)26-12-10-15(11-13-26)22(27)25-23-24-21-19-5-3-2-4-16(19)14-20(21)32-23/h2-9,15H,10-14H2,1H3,(H,24,25,27). The molecule has 0 radical (unpaired) electrons. The van der Waals surface area contributed by atoms with Crippen LogP contribution in [0.3, 0.4) is 0 Å². The van der Waals surface area contributed by atoms with Crippen LogP contribution in [0.4, 0.5) is 5.13 Å². The first kappa shape index (κ1) is 23.2. The Kier molecular flexibility index (Phi) is 5.83. The van der Waals surface area contributed by atoms with Gasteiger partial charge < -0.3 is 5.32 Å². The van der Waals surface area contributed by atoms with Gasteiger partial charge in [-0.05, 0) is 42.7 Å². The second-order valence-corrected chi connectivity index (χ2v) is 13.6. The molecule has 178 valence electrons. The summed E-state index contributed by atoms with van der Waals surface area (Å²) in [6, 6.07) is 13.3. The van der Waals surface area contributed by atoms with Gasteiger partial charge >= 0.3 is 0 Å². The van der Waals surface area contributed by atoms with Crippen LogP contribution in [0.5, 0.6) is 0 Å². The molecule has 3 aromatic rings. The van der Waals surface area contributed by atoms with E-state index in [-0.39, 0.29) is 34.7 Å². The van der Waals surface area contributed by atoms with Gasteiger partial charge in [-0.15, -0.1) is 11.3 Å². The molecule has 2 aromatic carbocycles. The highest BCUT2D eigenvalue weighted by Gasteiger charge is 2.33. The fourth-order valence-electron chi connectivity index (χ4n) is 4.39. The molecule has 34 heavy (non-hydrogen) atoms. The maximum Gasteiger partial charge on any atom is 0.243 e. The van der Waals surface area contributed by atoms with E-state index in [1.165, 1.54) is 45.5 Å². The van der Waals surface area contributed by atoms with Crippen molar-refractivity contribution in [3.63, 3.8) is 0 Å². The highest BCUT2D eigenvalue weighted by molar-refractivity contribution is 7.90. The molecule has 0 atom stereocenters. The van der Waals surface area contributed by atoms with E-state index in [0.29, 0.717) is 18.0 Å². The van der Waals surface area contributed by atoms with Crippen molar-refractivity contribution in [2.24, 2.45) is 5.92 Å². The number of aromatic nitrogens is 1. The fourth-order valence-corrected chi connectivity index (χ4v) is 7.49. The zero-order valence-corrected chi connectivity index (χ0v) is 20.8. The summed E-state index contributed by atoms with van der Waals surface area (Å²) in [6.45, 7) is 0.436. The van der Waals surface area contributed by atoms with Gasteiger partial charge in [0.2, 0.25) is 15.9 Å². The van der Waals surface area contributed by atoms with Crippen LogP contribution in [-0.2, 0) is 31.1 Å². The van der Waals surface area contributed by atoms with Crippen molar-refractivity contribution in [3.8, 4) is 11.3 Å². The van der Waals surface area contributed by atoms with Crippen molar-refractivity contribution in [1.29, 1.82) is 0 Å². The quantitative estimate of drug-likeness (QED) is 0.435. The minimum absolute atomic E-state index is 0.0420. The number of nitrogens with one attached hydrogen (secondary N) is 1.